The van der Waals surface area contributed by atoms with Crippen LogP contribution >= 0.6 is 24.0 Å². The summed E-state index contributed by atoms with van der Waals surface area (Å²) in [5.41, 5.74) is 0.970. The van der Waals surface area contributed by atoms with Crippen molar-refractivity contribution >= 4 is 40.3 Å². The van der Waals surface area contributed by atoms with Gasteiger partial charge in [-0.05, 0) is 30.2 Å². The lowest BCUT2D eigenvalue weighted by Crippen LogP contribution is -2.28. The Morgan fingerprint density at radius 1 is 1.37 bits per heavy atom. The van der Waals surface area contributed by atoms with E-state index < -0.39 is 0 Å². The number of carbonyl (C=O) groups excluding carboxylic acids is 1. The lowest BCUT2D eigenvalue weighted by molar-refractivity contribution is -0.122. The molecule has 0 unspecified atom stereocenters. The highest BCUT2D eigenvalue weighted by Crippen LogP contribution is 2.32. The third-order valence-corrected chi connectivity index (χ3v) is 4.11. The van der Waals surface area contributed by atoms with Gasteiger partial charge in [-0.3, -0.25) is 9.69 Å². The summed E-state index contributed by atoms with van der Waals surface area (Å²) in [5, 5.41) is 0. The van der Waals surface area contributed by atoms with Crippen LogP contribution < -0.4 is 4.74 Å². The number of thiocarbonyl (C=S) groups is 1. The van der Waals surface area contributed by atoms with Gasteiger partial charge in [-0.1, -0.05) is 43.0 Å². The van der Waals surface area contributed by atoms with Gasteiger partial charge in [0.15, 0.2) is 0 Å². The zero-order valence-electron chi connectivity index (χ0n) is 10.9. The number of carbonyl (C=O) groups is 1. The molecular weight excluding hydrogens is 278 g/mol. The van der Waals surface area contributed by atoms with E-state index in [4.69, 9.17) is 17.0 Å². The summed E-state index contributed by atoms with van der Waals surface area (Å²) in [6, 6.07) is 7.59. The molecule has 0 spiro atoms. The van der Waals surface area contributed by atoms with Gasteiger partial charge in [-0.25, -0.2) is 0 Å². The molecule has 0 N–H and O–H groups in total. The van der Waals surface area contributed by atoms with Gasteiger partial charge in [-0.2, -0.15) is 0 Å². The summed E-state index contributed by atoms with van der Waals surface area (Å²) in [6.45, 7) is 2.72. The molecule has 0 atom stereocenters. The Bertz CT molecular complexity index is 523. The molecule has 0 radical (unpaired) electrons. The molecule has 1 heterocycles. The molecule has 1 aromatic rings. The number of nitrogens with zero attached hydrogens (tertiary/aromatic N) is 1. The average molecular weight is 293 g/mol. The molecule has 1 aromatic carbocycles. The maximum atomic E-state index is 12.2. The highest BCUT2D eigenvalue weighted by Gasteiger charge is 2.30. The van der Waals surface area contributed by atoms with Gasteiger partial charge < -0.3 is 4.74 Å². The average Bonchev–Trinajstić information content (AvgIpc) is 2.68. The van der Waals surface area contributed by atoms with Crippen molar-refractivity contribution < 1.29 is 9.53 Å². The first-order valence-corrected chi connectivity index (χ1v) is 7.27. The van der Waals surface area contributed by atoms with Crippen molar-refractivity contribution in [1.82, 2.24) is 4.90 Å². The van der Waals surface area contributed by atoms with Crippen LogP contribution in [0, 0.1) is 0 Å². The van der Waals surface area contributed by atoms with Gasteiger partial charge >= 0.3 is 0 Å². The zero-order chi connectivity index (χ0) is 13.8. The summed E-state index contributed by atoms with van der Waals surface area (Å²) in [6.07, 6.45) is 2.77. The van der Waals surface area contributed by atoms with Crippen molar-refractivity contribution in [3.8, 4) is 5.75 Å². The van der Waals surface area contributed by atoms with E-state index in [2.05, 4.69) is 0 Å². The van der Waals surface area contributed by atoms with Crippen molar-refractivity contribution in [3.05, 3.63) is 34.7 Å². The van der Waals surface area contributed by atoms with Gasteiger partial charge in [0.25, 0.3) is 5.91 Å². The first-order valence-electron chi connectivity index (χ1n) is 6.05. The van der Waals surface area contributed by atoms with E-state index in [1.807, 2.05) is 37.3 Å². The van der Waals surface area contributed by atoms with E-state index >= 15 is 0 Å². The van der Waals surface area contributed by atoms with Crippen LogP contribution in [-0.4, -0.2) is 28.8 Å². The first-order chi connectivity index (χ1) is 9.15. The van der Waals surface area contributed by atoms with Gasteiger partial charge in [-0.15, -0.1) is 0 Å². The number of benzene rings is 1. The summed E-state index contributed by atoms with van der Waals surface area (Å²) in [7, 11) is 1.63. The van der Waals surface area contributed by atoms with Gasteiger partial charge in [0.05, 0.1) is 12.0 Å². The van der Waals surface area contributed by atoms with E-state index in [9.17, 15) is 4.79 Å². The van der Waals surface area contributed by atoms with E-state index in [-0.39, 0.29) is 5.91 Å². The number of rotatable bonds is 4. The monoisotopic (exact) mass is 293 g/mol. The summed E-state index contributed by atoms with van der Waals surface area (Å²) < 4.78 is 5.75. The van der Waals surface area contributed by atoms with Gasteiger partial charge in [0, 0.05) is 6.54 Å². The molecule has 1 amide bonds. The summed E-state index contributed by atoms with van der Waals surface area (Å²) in [4.78, 5) is 14.5. The molecule has 3 nitrogen and oxygen atoms in total. The molecule has 2 rings (SSSR count). The zero-order valence-corrected chi connectivity index (χ0v) is 12.5. The van der Waals surface area contributed by atoms with Crippen LogP contribution in [-0.2, 0) is 4.79 Å². The van der Waals surface area contributed by atoms with Crippen LogP contribution in [0.2, 0.25) is 0 Å². The van der Waals surface area contributed by atoms with Crippen molar-refractivity contribution in [3.63, 3.8) is 0 Å². The van der Waals surface area contributed by atoms with Crippen molar-refractivity contribution in [2.24, 2.45) is 0 Å². The molecule has 1 saturated heterocycles. The molecule has 0 aromatic heterocycles. The Labute approximate surface area is 122 Å². The second-order valence-corrected chi connectivity index (χ2v) is 5.78. The van der Waals surface area contributed by atoms with E-state index in [0.717, 1.165) is 17.7 Å². The number of hydrogen-bond acceptors (Lipinski definition) is 4. The molecule has 0 bridgehead atoms. The minimum atomic E-state index is 0.00710. The van der Waals surface area contributed by atoms with Gasteiger partial charge in [0.1, 0.15) is 10.1 Å². The van der Waals surface area contributed by atoms with Gasteiger partial charge in [0.2, 0.25) is 0 Å². The van der Waals surface area contributed by atoms with Crippen LogP contribution in [0.4, 0.5) is 0 Å². The van der Waals surface area contributed by atoms with Crippen molar-refractivity contribution in [2.45, 2.75) is 13.3 Å². The highest BCUT2D eigenvalue weighted by atomic mass is 32.2. The molecule has 5 heteroatoms. The third kappa shape index (κ3) is 3.16. The lowest BCUT2D eigenvalue weighted by Gasteiger charge is -2.11. The number of hydrogen-bond donors (Lipinski definition) is 0. The number of ether oxygens (including phenoxy) is 1. The van der Waals surface area contributed by atoms with Crippen LogP contribution in [0.3, 0.4) is 0 Å². The predicted octanol–water partition coefficient (Wildman–Crippen LogP) is 3.31. The number of thioether (sulfide) groups is 1. The third-order valence-electron chi connectivity index (χ3n) is 2.73. The Balaban J connectivity index is 2.19. The molecule has 0 saturated carbocycles. The number of amides is 1. The Morgan fingerprint density at radius 3 is 2.63 bits per heavy atom. The second-order valence-electron chi connectivity index (χ2n) is 4.11. The summed E-state index contributed by atoms with van der Waals surface area (Å²) >= 11 is 6.59. The first kappa shape index (κ1) is 14.1. The summed E-state index contributed by atoms with van der Waals surface area (Å²) in [5.74, 6) is 0.809. The highest BCUT2D eigenvalue weighted by molar-refractivity contribution is 8.26. The Kier molecular flexibility index (Phi) is 4.61. The van der Waals surface area contributed by atoms with Crippen LogP contribution in [0.25, 0.3) is 6.08 Å². The lowest BCUT2D eigenvalue weighted by atomic mass is 10.2. The SMILES string of the molecule is CCCN1C(=O)/C(=C\c2ccc(OC)cc2)SC1=S. The second kappa shape index (κ2) is 6.21. The van der Waals surface area contributed by atoms with E-state index in [1.54, 1.807) is 12.0 Å². The molecule has 100 valence electrons. The molecule has 1 aliphatic heterocycles. The Morgan fingerprint density at radius 2 is 2.05 bits per heavy atom. The molecule has 0 aliphatic carbocycles. The van der Waals surface area contributed by atoms with Crippen molar-refractivity contribution in [1.29, 1.82) is 0 Å². The largest absolute Gasteiger partial charge is 0.497 e. The minimum Gasteiger partial charge on any atom is -0.497 e. The fraction of sp³-hybridized carbons (Fsp3) is 0.286. The van der Waals surface area contributed by atoms with Crippen molar-refractivity contribution in [2.75, 3.05) is 13.7 Å². The number of methoxy groups -OCH3 is 1. The molecule has 19 heavy (non-hydrogen) atoms. The quantitative estimate of drug-likeness (QED) is 0.629. The predicted molar refractivity (Wildman–Crippen MR) is 83.2 cm³/mol. The van der Waals surface area contributed by atoms with E-state index in [1.165, 1.54) is 11.8 Å². The molecule has 1 fully saturated rings. The van der Waals surface area contributed by atoms with Crippen LogP contribution in [0.15, 0.2) is 29.2 Å². The molecule has 1 aliphatic rings. The maximum absolute atomic E-state index is 12.2. The standard InChI is InChI=1S/C14H15NO2S2/c1-3-8-15-13(16)12(19-14(15)18)9-10-4-6-11(17-2)7-5-10/h4-7,9H,3,8H2,1-2H3/b12-9+. The van der Waals surface area contributed by atoms with Crippen LogP contribution in [0.1, 0.15) is 18.9 Å². The Hall–Kier alpha value is -1.33. The van der Waals surface area contributed by atoms with E-state index in [0.29, 0.717) is 15.8 Å². The normalized spacial score (nSPS) is 17.4. The maximum Gasteiger partial charge on any atom is 0.266 e. The fourth-order valence-corrected chi connectivity index (χ4v) is 3.08. The fourth-order valence-electron chi connectivity index (χ4n) is 1.77. The van der Waals surface area contributed by atoms with Crippen LogP contribution in [0.5, 0.6) is 5.75 Å². The smallest absolute Gasteiger partial charge is 0.266 e. The topological polar surface area (TPSA) is 29.5 Å². The molecular formula is C14H15NO2S2. The minimum absolute atomic E-state index is 0.00710.